The van der Waals surface area contributed by atoms with Crippen LogP contribution in [0, 0.1) is 19.7 Å². The van der Waals surface area contributed by atoms with Crippen molar-refractivity contribution < 1.29 is 4.39 Å². The van der Waals surface area contributed by atoms with Crippen molar-refractivity contribution in [2.75, 3.05) is 6.54 Å². The van der Waals surface area contributed by atoms with Crippen LogP contribution >= 0.6 is 15.9 Å². The van der Waals surface area contributed by atoms with Gasteiger partial charge in [-0.05, 0) is 71.6 Å². The first kappa shape index (κ1) is 16.2. The molecule has 0 saturated carbocycles. The third kappa shape index (κ3) is 3.92. The molecule has 0 heterocycles. The topological polar surface area (TPSA) is 12.0 Å². The van der Waals surface area contributed by atoms with Crippen LogP contribution < -0.4 is 5.32 Å². The summed E-state index contributed by atoms with van der Waals surface area (Å²) in [6.07, 6.45) is 1.06. The van der Waals surface area contributed by atoms with E-state index in [0.717, 1.165) is 18.5 Å². The Balaban J connectivity index is 2.44. The average Bonchev–Trinajstić information content (AvgIpc) is 2.44. The number of nitrogens with one attached hydrogen (secondary N) is 1. The Morgan fingerprint density at radius 1 is 1.14 bits per heavy atom. The summed E-state index contributed by atoms with van der Waals surface area (Å²) < 4.78 is 14.0. The lowest BCUT2D eigenvalue weighted by Crippen LogP contribution is -2.24. The molecule has 0 spiro atoms. The van der Waals surface area contributed by atoms with Gasteiger partial charge in [0.05, 0.1) is 10.5 Å². The van der Waals surface area contributed by atoms with Crippen LogP contribution in [0.2, 0.25) is 0 Å². The highest BCUT2D eigenvalue weighted by molar-refractivity contribution is 9.10. The zero-order valence-electron chi connectivity index (χ0n) is 12.7. The van der Waals surface area contributed by atoms with Crippen molar-refractivity contribution in [3.05, 3.63) is 68.9 Å². The summed E-state index contributed by atoms with van der Waals surface area (Å²) in [6.45, 7) is 7.29. The van der Waals surface area contributed by atoms with Gasteiger partial charge >= 0.3 is 0 Å². The minimum absolute atomic E-state index is 0.0856. The second kappa shape index (κ2) is 7.19. The lowest BCUT2D eigenvalue weighted by atomic mass is 9.93. The van der Waals surface area contributed by atoms with Crippen molar-refractivity contribution in [2.45, 2.75) is 33.2 Å². The molecular formula is C18H21BrFN. The number of benzene rings is 2. The Hall–Kier alpha value is -1.19. The lowest BCUT2D eigenvalue weighted by molar-refractivity contribution is 0.589. The molecule has 0 amide bonds. The Labute approximate surface area is 134 Å². The Bertz CT molecular complexity index is 625. The molecule has 1 N–H and O–H groups in total. The predicted octanol–water partition coefficient (Wildman–Crippen LogP) is 5.29. The van der Waals surface area contributed by atoms with E-state index in [1.54, 1.807) is 0 Å². The van der Waals surface area contributed by atoms with Crippen molar-refractivity contribution in [1.82, 2.24) is 5.32 Å². The molecular weight excluding hydrogens is 329 g/mol. The molecule has 1 unspecified atom stereocenters. The van der Waals surface area contributed by atoms with Crippen LogP contribution in [0.3, 0.4) is 0 Å². The van der Waals surface area contributed by atoms with Gasteiger partial charge in [0.1, 0.15) is 5.82 Å². The SMILES string of the molecule is CCCNC(c1ccc(F)c(Br)c1)c1ccc(C)cc1C. The standard InChI is InChI=1S/C18H21BrFN/c1-4-9-21-18(14-6-8-17(20)16(19)11-14)15-7-5-12(2)10-13(15)3/h5-8,10-11,18,21H,4,9H2,1-3H3. The van der Waals surface area contributed by atoms with Crippen molar-refractivity contribution in [2.24, 2.45) is 0 Å². The van der Waals surface area contributed by atoms with Crippen LogP contribution in [0.5, 0.6) is 0 Å². The summed E-state index contributed by atoms with van der Waals surface area (Å²) in [5.74, 6) is -0.228. The quantitative estimate of drug-likeness (QED) is 0.772. The molecule has 0 aromatic heterocycles. The number of halogens is 2. The van der Waals surface area contributed by atoms with Crippen molar-refractivity contribution in [3.63, 3.8) is 0 Å². The summed E-state index contributed by atoms with van der Waals surface area (Å²) in [4.78, 5) is 0. The molecule has 1 nitrogen and oxygen atoms in total. The van der Waals surface area contributed by atoms with Crippen molar-refractivity contribution in [3.8, 4) is 0 Å². The maximum absolute atomic E-state index is 13.5. The minimum Gasteiger partial charge on any atom is -0.306 e. The lowest BCUT2D eigenvalue weighted by Gasteiger charge is -2.22. The van der Waals surface area contributed by atoms with Gasteiger partial charge in [0, 0.05) is 0 Å². The first-order valence-corrected chi connectivity index (χ1v) is 8.07. The summed E-state index contributed by atoms with van der Waals surface area (Å²) in [7, 11) is 0. The first-order chi connectivity index (χ1) is 10.0. The van der Waals surface area contributed by atoms with E-state index < -0.39 is 0 Å². The number of hydrogen-bond acceptors (Lipinski definition) is 1. The summed E-state index contributed by atoms with van der Waals surface area (Å²) in [5, 5.41) is 3.57. The van der Waals surface area contributed by atoms with E-state index in [2.05, 4.69) is 60.2 Å². The fourth-order valence-electron chi connectivity index (χ4n) is 2.54. The van der Waals surface area contributed by atoms with E-state index in [-0.39, 0.29) is 11.9 Å². The molecule has 0 saturated heterocycles. The molecule has 2 aromatic rings. The van der Waals surface area contributed by atoms with Crippen LogP contribution in [-0.2, 0) is 0 Å². The highest BCUT2D eigenvalue weighted by Gasteiger charge is 2.16. The molecule has 2 aromatic carbocycles. The zero-order valence-corrected chi connectivity index (χ0v) is 14.3. The minimum atomic E-state index is -0.228. The zero-order chi connectivity index (χ0) is 15.4. The largest absolute Gasteiger partial charge is 0.306 e. The van der Waals surface area contributed by atoms with Crippen molar-refractivity contribution >= 4 is 15.9 Å². The van der Waals surface area contributed by atoms with E-state index in [4.69, 9.17) is 0 Å². The fraction of sp³-hybridized carbons (Fsp3) is 0.333. The van der Waals surface area contributed by atoms with Gasteiger partial charge in [-0.2, -0.15) is 0 Å². The highest BCUT2D eigenvalue weighted by Crippen LogP contribution is 2.28. The molecule has 0 radical (unpaired) electrons. The smallest absolute Gasteiger partial charge is 0.137 e. The highest BCUT2D eigenvalue weighted by atomic mass is 79.9. The van der Waals surface area contributed by atoms with Gasteiger partial charge in [0.25, 0.3) is 0 Å². The monoisotopic (exact) mass is 349 g/mol. The number of hydrogen-bond donors (Lipinski definition) is 1. The van der Waals surface area contributed by atoms with E-state index in [1.165, 1.54) is 22.8 Å². The van der Waals surface area contributed by atoms with Gasteiger partial charge in [0.2, 0.25) is 0 Å². The summed E-state index contributed by atoms with van der Waals surface area (Å²) in [5.41, 5.74) is 4.83. The van der Waals surface area contributed by atoms with Crippen LogP contribution in [0.1, 0.15) is 41.6 Å². The third-order valence-electron chi connectivity index (χ3n) is 3.61. The molecule has 1 atom stereocenters. The van der Waals surface area contributed by atoms with Gasteiger partial charge in [-0.3, -0.25) is 0 Å². The molecule has 112 valence electrons. The molecule has 0 aliphatic rings. The maximum Gasteiger partial charge on any atom is 0.137 e. The molecule has 2 rings (SSSR count). The number of aryl methyl sites for hydroxylation is 2. The average molecular weight is 350 g/mol. The van der Waals surface area contributed by atoms with Gasteiger partial charge in [-0.25, -0.2) is 4.39 Å². The molecule has 0 bridgehead atoms. The van der Waals surface area contributed by atoms with E-state index in [9.17, 15) is 4.39 Å². The summed E-state index contributed by atoms with van der Waals surface area (Å²) >= 11 is 3.28. The van der Waals surface area contributed by atoms with Gasteiger partial charge in [0.15, 0.2) is 0 Å². The second-order valence-electron chi connectivity index (χ2n) is 5.42. The van der Waals surface area contributed by atoms with Crippen LogP contribution in [0.25, 0.3) is 0 Å². The fourth-order valence-corrected chi connectivity index (χ4v) is 2.93. The Morgan fingerprint density at radius 2 is 1.90 bits per heavy atom. The molecule has 0 aliphatic carbocycles. The van der Waals surface area contributed by atoms with E-state index in [1.807, 2.05) is 12.1 Å². The molecule has 21 heavy (non-hydrogen) atoms. The predicted molar refractivity (Wildman–Crippen MR) is 90.2 cm³/mol. The van der Waals surface area contributed by atoms with Crippen LogP contribution in [0.4, 0.5) is 4.39 Å². The molecule has 0 aliphatic heterocycles. The normalized spacial score (nSPS) is 12.4. The summed E-state index contributed by atoms with van der Waals surface area (Å²) in [6, 6.07) is 11.8. The Kier molecular flexibility index (Phi) is 5.54. The third-order valence-corrected chi connectivity index (χ3v) is 4.22. The van der Waals surface area contributed by atoms with Gasteiger partial charge in [-0.1, -0.05) is 36.8 Å². The van der Waals surface area contributed by atoms with Crippen LogP contribution in [0.15, 0.2) is 40.9 Å². The Morgan fingerprint density at radius 3 is 2.52 bits per heavy atom. The van der Waals surface area contributed by atoms with Crippen LogP contribution in [-0.4, -0.2) is 6.54 Å². The van der Waals surface area contributed by atoms with E-state index in [0.29, 0.717) is 4.47 Å². The molecule has 3 heteroatoms. The molecule has 0 fully saturated rings. The van der Waals surface area contributed by atoms with Gasteiger partial charge < -0.3 is 5.32 Å². The second-order valence-corrected chi connectivity index (χ2v) is 6.28. The van der Waals surface area contributed by atoms with Crippen molar-refractivity contribution in [1.29, 1.82) is 0 Å². The van der Waals surface area contributed by atoms with Gasteiger partial charge in [-0.15, -0.1) is 0 Å². The first-order valence-electron chi connectivity index (χ1n) is 7.28. The number of rotatable bonds is 5. The maximum atomic E-state index is 13.5. The van der Waals surface area contributed by atoms with E-state index >= 15 is 0 Å².